The van der Waals surface area contributed by atoms with Gasteiger partial charge in [0, 0.05) is 6.04 Å². The van der Waals surface area contributed by atoms with Gasteiger partial charge in [0.05, 0.1) is 13.2 Å². The normalized spacial score (nSPS) is 13.7. The Morgan fingerprint density at radius 2 is 2.11 bits per heavy atom. The van der Waals surface area contributed by atoms with E-state index in [4.69, 9.17) is 10.5 Å². The Kier molecular flexibility index (Phi) is 6.36. The van der Waals surface area contributed by atoms with E-state index in [1.165, 1.54) is 0 Å². The van der Waals surface area contributed by atoms with Gasteiger partial charge in [0.2, 0.25) is 5.91 Å². The van der Waals surface area contributed by atoms with Gasteiger partial charge < -0.3 is 15.8 Å². The first-order chi connectivity index (χ1) is 9.08. The molecule has 1 amide bonds. The lowest BCUT2D eigenvalue weighted by atomic mass is 10.1. The van der Waals surface area contributed by atoms with Gasteiger partial charge >= 0.3 is 0 Å². The molecule has 0 saturated heterocycles. The molecule has 2 unspecified atom stereocenters. The number of amides is 1. The number of para-hydroxylation sites is 1. The van der Waals surface area contributed by atoms with Crippen LogP contribution in [0.4, 0.5) is 0 Å². The predicted octanol–water partition coefficient (Wildman–Crippen LogP) is 1.87. The third-order valence-electron chi connectivity index (χ3n) is 3.04. The van der Waals surface area contributed by atoms with Crippen LogP contribution in [0.2, 0.25) is 0 Å². The van der Waals surface area contributed by atoms with Crippen molar-refractivity contribution in [2.24, 2.45) is 5.73 Å². The zero-order valence-electron chi connectivity index (χ0n) is 12.0. The molecule has 0 heterocycles. The van der Waals surface area contributed by atoms with Crippen LogP contribution >= 0.6 is 0 Å². The highest BCUT2D eigenvalue weighted by Crippen LogP contribution is 2.18. The van der Waals surface area contributed by atoms with Crippen molar-refractivity contribution in [1.82, 2.24) is 5.32 Å². The molecular weight excluding hydrogens is 240 g/mol. The van der Waals surface area contributed by atoms with Gasteiger partial charge in [-0.05, 0) is 31.4 Å². The Morgan fingerprint density at radius 3 is 2.74 bits per heavy atom. The van der Waals surface area contributed by atoms with Crippen molar-refractivity contribution in [2.45, 2.75) is 45.2 Å². The minimum atomic E-state index is -0.412. The quantitative estimate of drug-likeness (QED) is 0.790. The summed E-state index contributed by atoms with van der Waals surface area (Å²) < 4.78 is 5.30. The molecule has 4 heteroatoms. The minimum absolute atomic E-state index is 0.0340. The average Bonchev–Trinajstić information content (AvgIpc) is 2.39. The van der Waals surface area contributed by atoms with Crippen molar-refractivity contribution in [1.29, 1.82) is 0 Å². The van der Waals surface area contributed by atoms with E-state index in [-0.39, 0.29) is 11.9 Å². The number of methoxy groups -OCH3 is 1. The van der Waals surface area contributed by atoms with Gasteiger partial charge in [0.15, 0.2) is 0 Å². The molecule has 19 heavy (non-hydrogen) atoms. The minimum Gasteiger partial charge on any atom is -0.496 e. The fraction of sp³-hybridized carbons (Fsp3) is 0.533. The Morgan fingerprint density at radius 1 is 1.42 bits per heavy atom. The van der Waals surface area contributed by atoms with E-state index >= 15 is 0 Å². The molecule has 4 nitrogen and oxygen atoms in total. The van der Waals surface area contributed by atoms with Gasteiger partial charge in [-0.1, -0.05) is 31.5 Å². The SMILES string of the molecule is CCCC(N)C(=O)NC(C)Cc1ccccc1OC. The molecule has 0 spiro atoms. The summed E-state index contributed by atoms with van der Waals surface area (Å²) in [7, 11) is 1.65. The smallest absolute Gasteiger partial charge is 0.237 e. The van der Waals surface area contributed by atoms with E-state index < -0.39 is 6.04 Å². The average molecular weight is 264 g/mol. The van der Waals surface area contributed by atoms with Gasteiger partial charge in [0.25, 0.3) is 0 Å². The molecule has 0 bridgehead atoms. The Labute approximate surface area is 115 Å². The van der Waals surface area contributed by atoms with Crippen LogP contribution in [0.5, 0.6) is 5.75 Å². The molecule has 0 aliphatic heterocycles. The van der Waals surface area contributed by atoms with Crippen molar-refractivity contribution in [3.8, 4) is 5.75 Å². The molecule has 2 atom stereocenters. The molecule has 106 valence electrons. The number of carbonyl (C=O) groups is 1. The van der Waals surface area contributed by atoms with Gasteiger partial charge in [-0.15, -0.1) is 0 Å². The van der Waals surface area contributed by atoms with Crippen molar-refractivity contribution < 1.29 is 9.53 Å². The number of hydrogen-bond acceptors (Lipinski definition) is 3. The van der Waals surface area contributed by atoms with E-state index in [1.54, 1.807) is 7.11 Å². The summed E-state index contributed by atoms with van der Waals surface area (Å²) in [5.74, 6) is 0.769. The maximum absolute atomic E-state index is 11.8. The van der Waals surface area contributed by atoms with Crippen LogP contribution in [-0.4, -0.2) is 25.1 Å². The molecular formula is C15H24N2O2. The van der Waals surface area contributed by atoms with E-state index in [9.17, 15) is 4.79 Å². The van der Waals surface area contributed by atoms with Crippen LogP contribution in [0.3, 0.4) is 0 Å². The van der Waals surface area contributed by atoms with E-state index in [0.29, 0.717) is 6.42 Å². The summed E-state index contributed by atoms with van der Waals surface area (Å²) in [4.78, 5) is 11.8. The van der Waals surface area contributed by atoms with Gasteiger partial charge in [-0.2, -0.15) is 0 Å². The fourth-order valence-electron chi connectivity index (χ4n) is 2.04. The molecule has 0 aliphatic rings. The number of benzene rings is 1. The second-order valence-corrected chi connectivity index (χ2v) is 4.82. The zero-order chi connectivity index (χ0) is 14.3. The van der Waals surface area contributed by atoms with E-state index in [0.717, 1.165) is 24.2 Å². The lowest BCUT2D eigenvalue weighted by Gasteiger charge is -2.18. The summed E-state index contributed by atoms with van der Waals surface area (Å²) in [5, 5.41) is 2.94. The number of nitrogens with two attached hydrogens (primary N) is 1. The molecule has 1 aromatic rings. The third kappa shape index (κ3) is 4.91. The second kappa shape index (κ2) is 7.79. The Hall–Kier alpha value is -1.55. The van der Waals surface area contributed by atoms with Crippen molar-refractivity contribution in [3.05, 3.63) is 29.8 Å². The molecule has 1 aromatic carbocycles. The highest BCUT2D eigenvalue weighted by atomic mass is 16.5. The number of rotatable bonds is 7. The van der Waals surface area contributed by atoms with Crippen LogP contribution < -0.4 is 15.8 Å². The number of ether oxygens (including phenoxy) is 1. The summed E-state index contributed by atoms with van der Waals surface area (Å²) >= 11 is 0. The lowest BCUT2D eigenvalue weighted by molar-refractivity contribution is -0.123. The molecule has 0 aromatic heterocycles. The first kappa shape index (κ1) is 15.5. The monoisotopic (exact) mass is 264 g/mol. The molecule has 3 N–H and O–H groups in total. The van der Waals surface area contributed by atoms with Crippen LogP contribution in [0.25, 0.3) is 0 Å². The topological polar surface area (TPSA) is 64.4 Å². The van der Waals surface area contributed by atoms with Crippen molar-refractivity contribution in [2.75, 3.05) is 7.11 Å². The summed E-state index contributed by atoms with van der Waals surface area (Å²) in [6, 6.07) is 7.45. The Bertz CT molecular complexity index is 407. The molecule has 0 saturated carbocycles. The van der Waals surface area contributed by atoms with Crippen molar-refractivity contribution in [3.63, 3.8) is 0 Å². The maximum atomic E-state index is 11.8. The second-order valence-electron chi connectivity index (χ2n) is 4.82. The largest absolute Gasteiger partial charge is 0.496 e. The highest BCUT2D eigenvalue weighted by Gasteiger charge is 2.15. The third-order valence-corrected chi connectivity index (χ3v) is 3.04. The molecule has 0 aliphatic carbocycles. The predicted molar refractivity (Wildman–Crippen MR) is 77.2 cm³/mol. The van der Waals surface area contributed by atoms with Crippen LogP contribution in [0.15, 0.2) is 24.3 Å². The Balaban J connectivity index is 2.55. The summed E-state index contributed by atoms with van der Waals surface area (Å²) in [5.41, 5.74) is 6.87. The maximum Gasteiger partial charge on any atom is 0.237 e. The first-order valence-electron chi connectivity index (χ1n) is 6.76. The molecule has 0 radical (unpaired) electrons. The molecule has 1 rings (SSSR count). The van der Waals surface area contributed by atoms with Crippen LogP contribution in [0.1, 0.15) is 32.3 Å². The summed E-state index contributed by atoms with van der Waals surface area (Å²) in [6.07, 6.45) is 2.36. The lowest BCUT2D eigenvalue weighted by Crippen LogP contribution is -2.45. The number of hydrogen-bond donors (Lipinski definition) is 2. The van der Waals surface area contributed by atoms with Crippen molar-refractivity contribution >= 4 is 5.91 Å². The van der Waals surface area contributed by atoms with Crippen LogP contribution in [0, 0.1) is 0 Å². The molecule has 0 fully saturated rings. The highest BCUT2D eigenvalue weighted by molar-refractivity contribution is 5.81. The number of carbonyl (C=O) groups excluding carboxylic acids is 1. The van der Waals surface area contributed by atoms with E-state index in [1.807, 2.05) is 38.1 Å². The van der Waals surface area contributed by atoms with Gasteiger partial charge in [-0.3, -0.25) is 4.79 Å². The van der Waals surface area contributed by atoms with Gasteiger partial charge in [-0.25, -0.2) is 0 Å². The first-order valence-corrected chi connectivity index (χ1v) is 6.76. The van der Waals surface area contributed by atoms with Crippen LogP contribution in [-0.2, 0) is 11.2 Å². The van der Waals surface area contributed by atoms with E-state index in [2.05, 4.69) is 5.32 Å². The standard InChI is InChI=1S/C15H24N2O2/c1-4-7-13(16)15(18)17-11(2)10-12-8-5-6-9-14(12)19-3/h5-6,8-9,11,13H,4,7,10,16H2,1-3H3,(H,17,18). The zero-order valence-corrected chi connectivity index (χ0v) is 12.0. The summed E-state index contributed by atoms with van der Waals surface area (Å²) in [6.45, 7) is 3.99. The number of nitrogens with one attached hydrogen (secondary N) is 1. The van der Waals surface area contributed by atoms with Gasteiger partial charge in [0.1, 0.15) is 5.75 Å². The fourth-order valence-corrected chi connectivity index (χ4v) is 2.04.